The van der Waals surface area contributed by atoms with Crippen molar-refractivity contribution in [3.8, 4) is 11.4 Å². The number of rotatable bonds is 4. The summed E-state index contributed by atoms with van der Waals surface area (Å²) in [6.07, 6.45) is 1.05. The highest BCUT2D eigenvalue weighted by Gasteiger charge is 2.12. The van der Waals surface area contributed by atoms with E-state index in [-0.39, 0.29) is 0 Å². The number of aryl methyl sites for hydroxylation is 1. The van der Waals surface area contributed by atoms with Gasteiger partial charge in [0, 0.05) is 23.0 Å². The van der Waals surface area contributed by atoms with E-state index in [1.54, 1.807) is 0 Å². The third-order valence-corrected chi connectivity index (χ3v) is 4.04. The molecule has 0 fully saturated rings. The van der Waals surface area contributed by atoms with Crippen LogP contribution >= 0.6 is 23.2 Å². The van der Waals surface area contributed by atoms with Crippen molar-refractivity contribution < 1.29 is 0 Å². The van der Waals surface area contributed by atoms with Crippen molar-refractivity contribution >= 4 is 34.2 Å². The van der Waals surface area contributed by atoms with Gasteiger partial charge in [-0.05, 0) is 36.2 Å². The zero-order chi connectivity index (χ0) is 14.8. The maximum atomic E-state index is 6.08. The van der Waals surface area contributed by atoms with Crippen LogP contribution in [0.4, 0.5) is 0 Å². The van der Waals surface area contributed by atoms with E-state index in [9.17, 15) is 0 Å². The number of hydrogen-bond acceptors (Lipinski definition) is 1. The summed E-state index contributed by atoms with van der Waals surface area (Å²) in [4.78, 5) is 4.77. The predicted octanol–water partition coefficient (Wildman–Crippen LogP) is 5.51. The molecule has 21 heavy (non-hydrogen) atoms. The zero-order valence-corrected chi connectivity index (χ0v) is 13.3. The van der Waals surface area contributed by atoms with E-state index in [1.165, 1.54) is 0 Å². The topological polar surface area (TPSA) is 17.8 Å². The molecule has 0 radical (unpaired) electrons. The van der Waals surface area contributed by atoms with Crippen LogP contribution in [0, 0.1) is 0 Å². The second kappa shape index (κ2) is 6.08. The lowest BCUT2D eigenvalue weighted by molar-refractivity contribution is 0.704. The van der Waals surface area contributed by atoms with Gasteiger partial charge < -0.3 is 4.57 Å². The average Bonchev–Trinajstić information content (AvgIpc) is 2.85. The fourth-order valence-corrected chi connectivity index (χ4v) is 2.90. The first-order valence-corrected chi connectivity index (χ1v) is 7.95. The first-order chi connectivity index (χ1) is 10.2. The van der Waals surface area contributed by atoms with Gasteiger partial charge in [0.05, 0.1) is 11.0 Å². The minimum atomic E-state index is 0.508. The van der Waals surface area contributed by atoms with Crippen LogP contribution < -0.4 is 0 Å². The van der Waals surface area contributed by atoms with Gasteiger partial charge in [0.25, 0.3) is 0 Å². The Morgan fingerprint density at radius 1 is 1.14 bits per heavy atom. The van der Waals surface area contributed by atoms with Crippen molar-refractivity contribution in [3.63, 3.8) is 0 Å². The van der Waals surface area contributed by atoms with Crippen molar-refractivity contribution in [3.05, 3.63) is 53.1 Å². The standard InChI is InChI=1S/C17H16Cl2N2/c1-2-8-21-16-7-6-14(19)10-15(16)20-17(21)13-5-3-4-12(9-13)11-18/h3-7,9-10H,2,8,11H2,1H3. The molecule has 2 aromatic carbocycles. The summed E-state index contributed by atoms with van der Waals surface area (Å²) in [5.74, 6) is 1.48. The molecular weight excluding hydrogens is 303 g/mol. The van der Waals surface area contributed by atoms with Gasteiger partial charge in [-0.25, -0.2) is 4.98 Å². The molecule has 0 amide bonds. The number of nitrogens with zero attached hydrogens (tertiary/aromatic N) is 2. The average molecular weight is 319 g/mol. The normalized spacial score (nSPS) is 11.2. The van der Waals surface area contributed by atoms with E-state index in [4.69, 9.17) is 28.2 Å². The number of aromatic nitrogens is 2. The first-order valence-electron chi connectivity index (χ1n) is 7.04. The summed E-state index contributed by atoms with van der Waals surface area (Å²) in [5.41, 5.74) is 4.24. The predicted molar refractivity (Wildman–Crippen MR) is 90.0 cm³/mol. The van der Waals surface area contributed by atoms with Crippen LogP contribution in [0.25, 0.3) is 22.4 Å². The van der Waals surface area contributed by atoms with Gasteiger partial charge in [0.1, 0.15) is 5.82 Å². The molecule has 0 saturated carbocycles. The maximum absolute atomic E-state index is 6.08. The number of hydrogen-bond donors (Lipinski definition) is 0. The van der Waals surface area contributed by atoms with Crippen LogP contribution in [0.15, 0.2) is 42.5 Å². The minimum absolute atomic E-state index is 0.508. The van der Waals surface area contributed by atoms with E-state index in [0.717, 1.165) is 41.0 Å². The van der Waals surface area contributed by atoms with Crippen LogP contribution in [-0.4, -0.2) is 9.55 Å². The molecule has 108 valence electrons. The van der Waals surface area contributed by atoms with E-state index in [2.05, 4.69) is 23.6 Å². The molecule has 0 saturated heterocycles. The largest absolute Gasteiger partial charge is 0.324 e. The number of fused-ring (bicyclic) bond motifs is 1. The Balaban J connectivity index is 2.22. The van der Waals surface area contributed by atoms with E-state index in [0.29, 0.717) is 10.9 Å². The highest BCUT2D eigenvalue weighted by molar-refractivity contribution is 6.31. The van der Waals surface area contributed by atoms with Gasteiger partial charge >= 0.3 is 0 Å². The Labute approximate surface area is 134 Å². The fraction of sp³-hybridized carbons (Fsp3) is 0.235. The Bertz CT molecular complexity index is 778. The van der Waals surface area contributed by atoms with Crippen molar-refractivity contribution in [2.75, 3.05) is 0 Å². The second-order valence-electron chi connectivity index (χ2n) is 5.05. The summed E-state index contributed by atoms with van der Waals surface area (Å²) >= 11 is 12.0. The quantitative estimate of drug-likeness (QED) is 0.580. The second-order valence-corrected chi connectivity index (χ2v) is 5.76. The van der Waals surface area contributed by atoms with Crippen molar-refractivity contribution in [2.45, 2.75) is 25.8 Å². The summed E-state index contributed by atoms with van der Waals surface area (Å²) in [7, 11) is 0. The van der Waals surface area contributed by atoms with Crippen LogP contribution in [0.5, 0.6) is 0 Å². The molecule has 0 atom stereocenters. The fourth-order valence-electron chi connectivity index (χ4n) is 2.57. The summed E-state index contributed by atoms with van der Waals surface area (Å²) in [6, 6.07) is 14.1. The SMILES string of the molecule is CCCn1c(-c2cccc(CCl)c2)nc2cc(Cl)ccc21. The molecule has 0 unspecified atom stereocenters. The molecule has 2 nitrogen and oxygen atoms in total. The van der Waals surface area contributed by atoms with Crippen molar-refractivity contribution in [2.24, 2.45) is 0 Å². The molecular formula is C17H16Cl2N2. The summed E-state index contributed by atoms with van der Waals surface area (Å²) in [5, 5.41) is 0.713. The molecule has 0 N–H and O–H groups in total. The van der Waals surface area contributed by atoms with E-state index in [1.807, 2.05) is 30.3 Å². The monoisotopic (exact) mass is 318 g/mol. The van der Waals surface area contributed by atoms with Crippen LogP contribution in [0.2, 0.25) is 5.02 Å². The van der Waals surface area contributed by atoms with Gasteiger partial charge in [-0.15, -0.1) is 11.6 Å². The van der Waals surface area contributed by atoms with Gasteiger partial charge in [-0.3, -0.25) is 0 Å². The Morgan fingerprint density at radius 3 is 2.76 bits per heavy atom. The Morgan fingerprint density at radius 2 is 2.00 bits per heavy atom. The highest BCUT2D eigenvalue weighted by Crippen LogP contribution is 2.27. The first kappa shape index (κ1) is 14.4. The minimum Gasteiger partial charge on any atom is -0.324 e. The molecule has 0 aliphatic heterocycles. The van der Waals surface area contributed by atoms with Crippen molar-refractivity contribution in [1.29, 1.82) is 0 Å². The summed E-state index contributed by atoms with van der Waals surface area (Å²) in [6.45, 7) is 3.10. The number of halogens is 2. The van der Waals surface area contributed by atoms with Gasteiger partial charge in [0.2, 0.25) is 0 Å². The molecule has 0 aliphatic rings. The third-order valence-electron chi connectivity index (χ3n) is 3.50. The number of alkyl halides is 1. The molecule has 4 heteroatoms. The molecule has 3 rings (SSSR count). The zero-order valence-electron chi connectivity index (χ0n) is 11.8. The maximum Gasteiger partial charge on any atom is 0.141 e. The van der Waals surface area contributed by atoms with E-state index >= 15 is 0 Å². The van der Waals surface area contributed by atoms with Gasteiger partial charge in [0.15, 0.2) is 0 Å². The third kappa shape index (κ3) is 2.78. The van der Waals surface area contributed by atoms with Crippen LogP contribution in [-0.2, 0) is 12.4 Å². The molecule has 0 aliphatic carbocycles. The lowest BCUT2D eigenvalue weighted by Crippen LogP contribution is -1.99. The van der Waals surface area contributed by atoms with Gasteiger partial charge in [-0.1, -0.05) is 36.7 Å². The highest BCUT2D eigenvalue weighted by atomic mass is 35.5. The van der Waals surface area contributed by atoms with Crippen LogP contribution in [0.3, 0.4) is 0 Å². The van der Waals surface area contributed by atoms with Crippen LogP contribution in [0.1, 0.15) is 18.9 Å². The molecule has 1 aromatic heterocycles. The van der Waals surface area contributed by atoms with Gasteiger partial charge in [-0.2, -0.15) is 0 Å². The van der Waals surface area contributed by atoms with Crippen molar-refractivity contribution in [1.82, 2.24) is 9.55 Å². The molecule has 3 aromatic rings. The molecule has 1 heterocycles. The lowest BCUT2D eigenvalue weighted by atomic mass is 10.1. The van der Waals surface area contributed by atoms with E-state index < -0.39 is 0 Å². The molecule has 0 bridgehead atoms. The molecule has 0 spiro atoms. The Kier molecular flexibility index (Phi) is 4.18. The smallest absolute Gasteiger partial charge is 0.141 e. The summed E-state index contributed by atoms with van der Waals surface area (Å²) < 4.78 is 2.25. The number of benzene rings is 2. The number of imidazole rings is 1. The lowest BCUT2D eigenvalue weighted by Gasteiger charge is -2.08. The Hall–Kier alpha value is -1.51.